The molecule has 1 amide bonds. The molecule has 0 aromatic heterocycles. The number of Topliss-reactive ketones (excluding diaryl/α,β-unsaturated/α-hetero) is 1. The second kappa shape index (κ2) is 9.04. The van der Waals surface area contributed by atoms with E-state index in [-0.39, 0.29) is 24.5 Å². The lowest BCUT2D eigenvalue weighted by molar-refractivity contribution is -0.131. The molecule has 0 unspecified atom stereocenters. The summed E-state index contributed by atoms with van der Waals surface area (Å²) in [4.78, 5) is 28.8. The first-order valence-corrected chi connectivity index (χ1v) is 9.82. The van der Waals surface area contributed by atoms with E-state index in [0.29, 0.717) is 18.7 Å². The van der Waals surface area contributed by atoms with E-state index in [1.807, 2.05) is 41.3 Å². The summed E-state index contributed by atoms with van der Waals surface area (Å²) in [6, 6.07) is 15.2. The number of methoxy groups -OCH3 is 1. The third kappa shape index (κ3) is 4.89. The van der Waals surface area contributed by atoms with Crippen LogP contribution in [0.25, 0.3) is 0 Å². The van der Waals surface area contributed by atoms with Gasteiger partial charge in [0.15, 0.2) is 5.78 Å². The molecule has 0 N–H and O–H groups in total. The van der Waals surface area contributed by atoms with Gasteiger partial charge in [-0.2, -0.15) is 0 Å². The Labute approximate surface area is 168 Å². The molecule has 5 nitrogen and oxygen atoms in total. The Balaban J connectivity index is 1.50. The number of piperazine rings is 1. The van der Waals surface area contributed by atoms with Gasteiger partial charge < -0.3 is 14.5 Å². The number of anilines is 1. The van der Waals surface area contributed by atoms with Gasteiger partial charge in [0.2, 0.25) is 5.91 Å². The molecule has 0 atom stereocenters. The van der Waals surface area contributed by atoms with Crippen molar-refractivity contribution in [3.8, 4) is 5.75 Å². The first-order chi connectivity index (χ1) is 13.1. The molecule has 142 valence electrons. The van der Waals surface area contributed by atoms with E-state index >= 15 is 0 Å². The minimum absolute atomic E-state index is 0.00325. The number of ether oxygens (including phenoxy) is 1. The van der Waals surface area contributed by atoms with Crippen LogP contribution in [0.3, 0.4) is 0 Å². The summed E-state index contributed by atoms with van der Waals surface area (Å²) in [5, 5.41) is 0. The number of rotatable bonds is 6. The van der Waals surface area contributed by atoms with E-state index in [0.717, 1.165) is 29.0 Å². The van der Waals surface area contributed by atoms with E-state index in [4.69, 9.17) is 4.74 Å². The van der Waals surface area contributed by atoms with Gasteiger partial charge in [-0.3, -0.25) is 9.59 Å². The third-order valence-corrected chi connectivity index (χ3v) is 5.32. The zero-order chi connectivity index (χ0) is 19.2. The Morgan fingerprint density at radius 1 is 0.963 bits per heavy atom. The van der Waals surface area contributed by atoms with Crippen LogP contribution in [0.15, 0.2) is 53.0 Å². The van der Waals surface area contributed by atoms with Crippen molar-refractivity contribution in [2.45, 2.75) is 12.8 Å². The van der Waals surface area contributed by atoms with Gasteiger partial charge in [-0.25, -0.2) is 0 Å². The highest BCUT2D eigenvalue weighted by Crippen LogP contribution is 2.28. The van der Waals surface area contributed by atoms with Crippen LogP contribution in [-0.4, -0.2) is 49.9 Å². The van der Waals surface area contributed by atoms with Crippen LogP contribution in [0.5, 0.6) is 5.75 Å². The van der Waals surface area contributed by atoms with E-state index in [1.165, 1.54) is 0 Å². The van der Waals surface area contributed by atoms with Gasteiger partial charge in [0, 0.05) is 49.1 Å². The largest absolute Gasteiger partial charge is 0.495 e. The molecule has 1 saturated heterocycles. The van der Waals surface area contributed by atoms with Crippen LogP contribution in [0.4, 0.5) is 5.69 Å². The zero-order valence-electron chi connectivity index (χ0n) is 15.4. The average molecular weight is 431 g/mol. The third-order valence-electron chi connectivity index (χ3n) is 4.79. The molecular weight excluding hydrogens is 408 g/mol. The maximum atomic E-state index is 12.5. The topological polar surface area (TPSA) is 49.9 Å². The molecule has 0 bridgehead atoms. The summed E-state index contributed by atoms with van der Waals surface area (Å²) in [6.45, 7) is 2.83. The minimum Gasteiger partial charge on any atom is -0.495 e. The lowest BCUT2D eigenvalue weighted by Crippen LogP contribution is -2.48. The van der Waals surface area contributed by atoms with E-state index < -0.39 is 0 Å². The highest BCUT2D eigenvalue weighted by Gasteiger charge is 2.23. The molecule has 27 heavy (non-hydrogen) atoms. The molecule has 0 aliphatic carbocycles. The lowest BCUT2D eigenvalue weighted by Gasteiger charge is -2.36. The Morgan fingerprint density at radius 2 is 1.63 bits per heavy atom. The van der Waals surface area contributed by atoms with Crippen LogP contribution in [-0.2, 0) is 4.79 Å². The number of hydrogen-bond donors (Lipinski definition) is 0. The highest BCUT2D eigenvalue weighted by molar-refractivity contribution is 9.10. The molecule has 0 spiro atoms. The molecule has 1 aliphatic rings. The second-order valence-electron chi connectivity index (χ2n) is 6.47. The Bertz CT molecular complexity index is 799. The molecule has 2 aromatic rings. The highest BCUT2D eigenvalue weighted by atomic mass is 79.9. The summed E-state index contributed by atoms with van der Waals surface area (Å²) in [5.74, 6) is 0.890. The smallest absolute Gasteiger partial charge is 0.223 e. The lowest BCUT2D eigenvalue weighted by atomic mass is 10.1. The number of nitrogens with zero attached hydrogens (tertiary/aromatic N) is 2. The molecule has 1 fully saturated rings. The number of hydrogen-bond acceptors (Lipinski definition) is 4. The first kappa shape index (κ1) is 19.4. The van der Waals surface area contributed by atoms with Crippen LogP contribution >= 0.6 is 15.9 Å². The van der Waals surface area contributed by atoms with Gasteiger partial charge in [0.05, 0.1) is 12.8 Å². The van der Waals surface area contributed by atoms with Gasteiger partial charge >= 0.3 is 0 Å². The SMILES string of the molecule is COc1ccccc1N1CCN(C(=O)CCC(=O)c2ccc(Br)cc2)CC1. The fraction of sp³-hybridized carbons (Fsp3) is 0.333. The average Bonchev–Trinajstić information content (AvgIpc) is 2.72. The van der Waals surface area contributed by atoms with Crippen molar-refractivity contribution < 1.29 is 14.3 Å². The fourth-order valence-corrected chi connectivity index (χ4v) is 3.51. The molecule has 6 heteroatoms. The van der Waals surface area contributed by atoms with Gasteiger partial charge in [-0.15, -0.1) is 0 Å². The summed E-state index contributed by atoms with van der Waals surface area (Å²) >= 11 is 3.36. The van der Waals surface area contributed by atoms with Crippen molar-refractivity contribution >= 4 is 33.3 Å². The van der Waals surface area contributed by atoms with Crippen molar-refractivity contribution in [1.82, 2.24) is 4.90 Å². The fourth-order valence-electron chi connectivity index (χ4n) is 3.25. The number of amides is 1. The van der Waals surface area contributed by atoms with Gasteiger partial charge in [-0.1, -0.05) is 40.2 Å². The first-order valence-electron chi connectivity index (χ1n) is 9.03. The number of carbonyl (C=O) groups is 2. The quantitative estimate of drug-likeness (QED) is 0.654. The number of carbonyl (C=O) groups excluding carboxylic acids is 2. The Hall–Kier alpha value is -2.34. The zero-order valence-corrected chi connectivity index (χ0v) is 16.9. The minimum atomic E-state index is 0.00325. The normalized spacial score (nSPS) is 14.1. The van der Waals surface area contributed by atoms with Gasteiger partial charge in [0.1, 0.15) is 5.75 Å². The molecule has 3 rings (SSSR count). The summed E-state index contributed by atoms with van der Waals surface area (Å²) in [7, 11) is 1.67. The number of para-hydroxylation sites is 2. The van der Waals surface area contributed by atoms with E-state index in [2.05, 4.69) is 20.8 Å². The Morgan fingerprint density at radius 3 is 2.30 bits per heavy atom. The molecule has 0 saturated carbocycles. The Kier molecular flexibility index (Phi) is 6.50. The van der Waals surface area contributed by atoms with Crippen LogP contribution in [0.2, 0.25) is 0 Å². The van der Waals surface area contributed by atoms with Crippen molar-refractivity contribution in [3.05, 3.63) is 58.6 Å². The predicted octanol–water partition coefficient (Wildman–Crippen LogP) is 3.77. The molecular formula is C21H23BrN2O3. The van der Waals surface area contributed by atoms with Crippen molar-refractivity contribution in [2.75, 3.05) is 38.2 Å². The van der Waals surface area contributed by atoms with E-state index in [9.17, 15) is 9.59 Å². The van der Waals surface area contributed by atoms with Gasteiger partial charge in [0.25, 0.3) is 0 Å². The maximum Gasteiger partial charge on any atom is 0.223 e. The molecule has 2 aromatic carbocycles. The number of ketones is 1. The number of halogens is 1. The van der Waals surface area contributed by atoms with Crippen LogP contribution < -0.4 is 9.64 Å². The molecule has 0 radical (unpaired) electrons. The van der Waals surface area contributed by atoms with Gasteiger partial charge in [-0.05, 0) is 24.3 Å². The summed E-state index contributed by atoms with van der Waals surface area (Å²) < 4.78 is 6.36. The summed E-state index contributed by atoms with van der Waals surface area (Å²) in [5.41, 5.74) is 1.70. The van der Waals surface area contributed by atoms with Crippen molar-refractivity contribution in [3.63, 3.8) is 0 Å². The maximum absolute atomic E-state index is 12.5. The van der Waals surface area contributed by atoms with E-state index in [1.54, 1.807) is 19.2 Å². The second-order valence-corrected chi connectivity index (χ2v) is 7.39. The number of benzene rings is 2. The molecule has 1 aliphatic heterocycles. The molecule has 1 heterocycles. The predicted molar refractivity (Wildman–Crippen MR) is 109 cm³/mol. The summed E-state index contributed by atoms with van der Waals surface area (Å²) in [6.07, 6.45) is 0.497. The van der Waals surface area contributed by atoms with Crippen molar-refractivity contribution in [1.29, 1.82) is 0 Å². The standard InChI is InChI=1S/C21H23BrN2O3/c1-27-20-5-3-2-4-18(20)23-12-14-24(15-13-23)21(26)11-10-19(25)16-6-8-17(22)9-7-16/h2-9H,10-15H2,1H3. The monoisotopic (exact) mass is 430 g/mol. The van der Waals surface area contributed by atoms with Crippen LogP contribution in [0, 0.1) is 0 Å². The van der Waals surface area contributed by atoms with Crippen LogP contribution in [0.1, 0.15) is 23.2 Å². The van der Waals surface area contributed by atoms with Crippen molar-refractivity contribution in [2.24, 2.45) is 0 Å².